The quantitative estimate of drug-likeness (QED) is 0.868. The third-order valence-corrected chi connectivity index (χ3v) is 4.92. The van der Waals surface area contributed by atoms with Gasteiger partial charge in [0.1, 0.15) is 0 Å². The number of fused-ring (bicyclic) bond motifs is 1. The molecule has 20 heavy (non-hydrogen) atoms. The molecule has 1 unspecified atom stereocenters. The maximum atomic E-state index is 10.5. The summed E-state index contributed by atoms with van der Waals surface area (Å²) < 4.78 is 0.967. The zero-order valence-electron chi connectivity index (χ0n) is 11.0. The molecule has 1 atom stereocenters. The van der Waals surface area contributed by atoms with Crippen molar-refractivity contribution < 1.29 is 5.11 Å². The van der Waals surface area contributed by atoms with E-state index in [1.807, 2.05) is 18.2 Å². The van der Waals surface area contributed by atoms with E-state index >= 15 is 0 Å². The van der Waals surface area contributed by atoms with Gasteiger partial charge in [0.15, 0.2) is 0 Å². The molecule has 0 fully saturated rings. The second-order valence-electron chi connectivity index (χ2n) is 5.44. The number of benzene rings is 2. The van der Waals surface area contributed by atoms with Crippen LogP contribution in [0.1, 0.15) is 16.7 Å². The molecule has 0 amide bonds. The highest BCUT2D eigenvalue weighted by Crippen LogP contribution is 2.31. The van der Waals surface area contributed by atoms with Gasteiger partial charge in [0.25, 0.3) is 0 Å². The molecule has 0 bridgehead atoms. The minimum atomic E-state index is -0.346. The minimum Gasteiger partial charge on any atom is -0.392 e. The monoisotopic (exact) mass is 350 g/mol. The molecule has 1 N–H and O–H groups in total. The molecule has 104 valence electrons. The molecule has 3 rings (SSSR count). The Hall–Kier alpha value is -0.830. The highest BCUT2D eigenvalue weighted by Gasteiger charge is 2.27. The lowest BCUT2D eigenvalue weighted by Crippen LogP contribution is -2.23. The van der Waals surface area contributed by atoms with Gasteiger partial charge in [0.2, 0.25) is 0 Å². The second kappa shape index (κ2) is 5.88. The van der Waals surface area contributed by atoms with Gasteiger partial charge in [-0.3, -0.25) is 0 Å². The van der Waals surface area contributed by atoms with Crippen molar-refractivity contribution >= 4 is 27.5 Å². The molecule has 0 spiro atoms. The van der Waals surface area contributed by atoms with Crippen molar-refractivity contribution in [2.24, 2.45) is 5.92 Å². The van der Waals surface area contributed by atoms with Gasteiger partial charge in [-0.15, -0.1) is 0 Å². The lowest BCUT2D eigenvalue weighted by molar-refractivity contribution is 0.113. The van der Waals surface area contributed by atoms with E-state index < -0.39 is 0 Å². The van der Waals surface area contributed by atoms with Gasteiger partial charge in [-0.05, 0) is 47.6 Å². The summed E-state index contributed by atoms with van der Waals surface area (Å²) in [7, 11) is 0. The van der Waals surface area contributed by atoms with E-state index in [1.54, 1.807) is 0 Å². The topological polar surface area (TPSA) is 20.2 Å². The first-order valence-corrected chi connectivity index (χ1v) is 7.99. The highest BCUT2D eigenvalue weighted by molar-refractivity contribution is 9.10. The molecule has 0 saturated heterocycles. The van der Waals surface area contributed by atoms with Crippen molar-refractivity contribution in [2.75, 3.05) is 0 Å². The standard InChI is InChI=1S/C17H16BrClO/c18-15-6-5-13(16(19)10-15)9-17(20)14-7-11-3-1-2-4-12(11)8-14/h1-6,10,14,17,20H,7-9H2. The zero-order valence-corrected chi connectivity index (χ0v) is 13.4. The fourth-order valence-electron chi connectivity index (χ4n) is 2.94. The SMILES string of the molecule is OC(Cc1ccc(Br)cc1Cl)C1Cc2ccccc2C1. The fourth-order valence-corrected chi connectivity index (χ4v) is 3.69. The molecular formula is C17H16BrClO. The van der Waals surface area contributed by atoms with Crippen molar-refractivity contribution in [1.29, 1.82) is 0 Å². The molecule has 3 heteroatoms. The van der Waals surface area contributed by atoms with E-state index in [4.69, 9.17) is 11.6 Å². The first-order chi connectivity index (χ1) is 9.63. The fraction of sp³-hybridized carbons (Fsp3) is 0.294. The third kappa shape index (κ3) is 2.93. The minimum absolute atomic E-state index is 0.298. The lowest BCUT2D eigenvalue weighted by Gasteiger charge is -2.18. The number of halogens is 2. The molecule has 1 nitrogen and oxygen atoms in total. The Bertz CT molecular complexity index is 601. The summed E-state index contributed by atoms with van der Waals surface area (Å²) >= 11 is 9.63. The average molecular weight is 352 g/mol. The number of rotatable bonds is 3. The van der Waals surface area contributed by atoms with E-state index in [1.165, 1.54) is 11.1 Å². The molecule has 2 aromatic rings. The number of hydrogen-bond donors (Lipinski definition) is 1. The summed E-state index contributed by atoms with van der Waals surface area (Å²) in [5.41, 5.74) is 3.76. The number of hydrogen-bond acceptors (Lipinski definition) is 1. The second-order valence-corrected chi connectivity index (χ2v) is 6.77. The Morgan fingerprint density at radius 3 is 2.40 bits per heavy atom. The average Bonchev–Trinajstić information content (AvgIpc) is 2.86. The van der Waals surface area contributed by atoms with Crippen molar-refractivity contribution in [3.63, 3.8) is 0 Å². The predicted molar refractivity (Wildman–Crippen MR) is 86.2 cm³/mol. The van der Waals surface area contributed by atoms with Gasteiger partial charge in [-0.2, -0.15) is 0 Å². The van der Waals surface area contributed by atoms with Crippen LogP contribution in [0.3, 0.4) is 0 Å². The summed E-state index contributed by atoms with van der Waals surface area (Å²) in [4.78, 5) is 0. The number of aliphatic hydroxyl groups excluding tert-OH is 1. The largest absolute Gasteiger partial charge is 0.392 e. The number of aliphatic hydroxyl groups is 1. The van der Waals surface area contributed by atoms with Gasteiger partial charge < -0.3 is 5.11 Å². The van der Waals surface area contributed by atoms with Crippen LogP contribution < -0.4 is 0 Å². The van der Waals surface area contributed by atoms with Gasteiger partial charge in [0.05, 0.1) is 6.10 Å². The van der Waals surface area contributed by atoms with Crippen LogP contribution >= 0.6 is 27.5 Å². The molecule has 0 saturated carbocycles. The van der Waals surface area contributed by atoms with Gasteiger partial charge in [-0.25, -0.2) is 0 Å². The molecule has 0 aromatic heterocycles. The molecule has 0 radical (unpaired) electrons. The molecular weight excluding hydrogens is 336 g/mol. The van der Waals surface area contributed by atoms with Crippen LogP contribution in [0.4, 0.5) is 0 Å². The van der Waals surface area contributed by atoms with Crippen molar-refractivity contribution in [2.45, 2.75) is 25.4 Å². The van der Waals surface area contributed by atoms with E-state index in [2.05, 4.69) is 40.2 Å². The van der Waals surface area contributed by atoms with Gasteiger partial charge >= 0.3 is 0 Å². The summed E-state index contributed by atoms with van der Waals surface area (Å²) in [5.74, 6) is 0.298. The Kier molecular flexibility index (Phi) is 4.16. The van der Waals surface area contributed by atoms with Gasteiger partial charge in [-0.1, -0.05) is 57.9 Å². The van der Waals surface area contributed by atoms with E-state index in [-0.39, 0.29) is 6.10 Å². The first kappa shape index (κ1) is 14.1. The summed E-state index contributed by atoms with van der Waals surface area (Å²) in [6.45, 7) is 0. The molecule has 0 heterocycles. The van der Waals surface area contributed by atoms with Gasteiger partial charge in [0, 0.05) is 15.9 Å². The third-order valence-electron chi connectivity index (χ3n) is 4.07. The van der Waals surface area contributed by atoms with Crippen molar-refractivity contribution in [3.05, 3.63) is 68.7 Å². The van der Waals surface area contributed by atoms with Crippen molar-refractivity contribution in [3.8, 4) is 0 Å². The summed E-state index contributed by atoms with van der Waals surface area (Å²) in [5, 5.41) is 11.2. The van der Waals surface area contributed by atoms with Crippen LogP contribution in [0.5, 0.6) is 0 Å². The highest BCUT2D eigenvalue weighted by atomic mass is 79.9. The molecule has 1 aliphatic carbocycles. The van der Waals surface area contributed by atoms with Crippen LogP contribution in [-0.2, 0) is 19.3 Å². The van der Waals surface area contributed by atoms with Crippen molar-refractivity contribution in [1.82, 2.24) is 0 Å². The maximum absolute atomic E-state index is 10.5. The Balaban J connectivity index is 1.70. The molecule has 2 aromatic carbocycles. The van der Waals surface area contributed by atoms with Crippen LogP contribution in [0.15, 0.2) is 46.9 Å². The van der Waals surface area contributed by atoms with Crippen LogP contribution in [-0.4, -0.2) is 11.2 Å². The van der Waals surface area contributed by atoms with Crippen LogP contribution in [0.25, 0.3) is 0 Å². The van der Waals surface area contributed by atoms with Crippen LogP contribution in [0, 0.1) is 5.92 Å². The molecule has 0 aliphatic heterocycles. The van der Waals surface area contributed by atoms with E-state index in [9.17, 15) is 5.11 Å². The Labute approximate surface area is 132 Å². The zero-order chi connectivity index (χ0) is 14.1. The van der Waals surface area contributed by atoms with Crippen LogP contribution in [0.2, 0.25) is 5.02 Å². The van der Waals surface area contributed by atoms with E-state index in [0.717, 1.165) is 22.9 Å². The Morgan fingerprint density at radius 1 is 1.15 bits per heavy atom. The summed E-state index contributed by atoms with van der Waals surface area (Å²) in [6.07, 6.45) is 2.20. The normalized spacial score (nSPS) is 16.1. The maximum Gasteiger partial charge on any atom is 0.0615 e. The lowest BCUT2D eigenvalue weighted by atomic mass is 9.93. The molecule has 1 aliphatic rings. The first-order valence-electron chi connectivity index (χ1n) is 6.82. The smallest absolute Gasteiger partial charge is 0.0615 e. The Morgan fingerprint density at radius 2 is 1.80 bits per heavy atom. The summed E-state index contributed by atoms with van der Waals surface area (Å²) in [6, 6.07) is 14.3. The van der Waals surface area contributed by atoms with E-state index in [0.29, 0.717) is 17.4 Å². The predicted octanol–water partition coefficient (Wildman–Crippen LogP) is 4.42.